The number of carbonyl (C=O) groups excluding carboxylic acids is 1. The molecule has 8 nitrogen and oxygen atoms in total. The van der Waals surface area contributed by atoms with Crippen molar-refractivity contribution in [2.24, 2.45) is 0 Å². The highest BCUT2D eigenvalue weighted by Crippen LogP contribution is 2.30. The summed E-state index contributed by atoms with van der Waals surface area (Å²) in [5.74, 6) is 1.87. The van der Waals surface area contributed by atoms with Crippen LogP contribution in [0.3, 0.4) is 0 Å². The molecule has 0 atom stereocenters. The van der Waals surface area contributed by atoms with Crippen LogP contribution in [0.4, 0.5) is 5.69 Å². The lowest BCUT2D eigenvalue weighted by Crippen LogP contribution is -2.14. The summed E-state index contributed by atoms with van der Waals surface area (Å²) >= 11 is 0. The van der Waals surface area contributed by atoms with Gasteiger partial charge in [0.05, 0.1) is 27.0 Å². The molecule has 4 rings (SSSR count). The summed E-state index contributed by atoms with van der Waals surface area (Å²) in [6, 6.07) is 15.0. The lowest BCUT2D eigenvalue weighted by Gasteiger charge is -2.12. The summed E-state index contributed by atoms with van der Waals surface area (Å²) in [6.07, 6.45) is 0.840. The van der Waals surface area contributed by atoms with Gasteiger partial charge in [0.2, 0.25) is 5.91 Å². The van der Waals surface area contributed by atoms with Gasteiger partial charge in [-0.1, -0.05) is 12.1 Å². The molecular weight excluding hydrogens is 432 g/mol. The minimum absolute atomic E-state index is 0.107. The van der Waals surface area contributed by atoms with E-state index in [-0.39, 0.29) is 5.91 Å². The number of benzene rings is 2. The number of ether oxygens (including phenoxy) is 3. The monoisotopic (exact) mass is 460 g/mol. The molecule has 1 N–H and O–H groups in total. The smallest absolute Gasteiger partial charge is 0.224 e. The van der Waals surface area contributed by atoms with Gasteiger partial charge < -0.3 is 19.5 Å². The summed E-state index contributed by atoms with van der Waals surface area (Å²) in [5, 5.41) is 7.69. The van der Waals surface area contributed by atoms with Gasteiger partial charge in [0.25, 0.3) is 0 Å². The van der Waals surface area contributed by atoms with Crippen molar-refractivity contribution in [3.63, 3.8) is 0 Å². The van der Waals surface area contributed by atoms with Gasteiger partial charge in [-0.25, -0.2) is 9.50 Å². The van der Waals surface area contributed by atoms with Crippen LogP contribution in [-0.4, -0.2) is 41.8 Å². The molecule has 0 bridgehead atoms. The van der Waals surface area contributed by atoms with Gasteiger partial charge in [-0.15, -0.1) is 0 Å². The molecule has 0 fully saturated rings. The van der Waals surface area contributed by atoms with Crippen LogP contribution in [0.25, 0.3) is 16.9 Å². The Kier molecular flexibility index (Phi) is 6.67. The molecule has 4 aromatic rings. The average molecular weight is 461 g/mol. The predicted octanol–water partition coefficient (Wildman–Crippen LogP) is 4.61. The molecule has 2 aromatic heterocycles. The quantitative estimate of drug-likeness (QED) is 0.413. The first-order valence-corrected chi connectivity index (χ1v) is 11.0. The van der Waals surface area contributed by atoms with E-state index in [0.29, 0.717) is 30.0 Å². The fourth-order valence-corrected chi connectivity index (χ4v) is 4.02. The normalized spacial score (nSPS) is 10.9. The maximum absolute atomic E-state index is 12.7. The molecule has 0 saturated heterocycles. The van der Waals surface area contributed by atoms with E-state index >= 15 is 0 Å². The summed E-state index contributed by atoms with van der Waals surface area (Å²) in [7, 11) is 4.79. The first kappa shape index (κ1) is 23.1. The molecule has 8 heteroatoms. The Morgan fingerprint density at radius 3 is 2.35 bits per heavy atom. The lowest BCUT2D eigenvalue weighted by molar-refractivity contribution is -0.116. The summed E-state index contributed by atoms with van der Waals surface area (Å²) < 4.78 is 17.9. The highest BCUT2D eigenvalue weighted by atomic mass is 16.5. The number of nitrogens with zero attached hydrogens (tertiary/aromatic N) is 3. The SMILES string of the molecule is COc1cc(NC(=O)CCc2c(C)nc3cc(-c4ccccc4OC)nn3c2C)cc(OC)c1. The van der Waals surface area contributed by atoms with E-state index in [1.807, 2.05) is 48.7 Å². The average Bonchev–Trinajstić information content (AvgIpc) is 3.27. The number of aromatic nitrogens is 3. The number of para-hydroxylation sites is 1. The molecule has 0 radical (unpaired) electrons. The van der Waals surface area contributed by atoms with Crippen molar-refractivity contribution < 1.29 is 19.0 Å². The minimum atomic E-state index is -0.107. The molecule has 0 unspecified atom stereocenters. The van der Waals surface area contributed by atoms with Gasteiger partial charge in [0.1, 0.15) is 17.2 Å². The van der Waals surface area contributed by atoms with Crippen LogP contribution in [-0.2, 0) is 11.2 Å². The fraction of sp³-hybridized carbons (Fsp3) is 0.269. The summed E-state index contributed by atoms with van der Waals surface area (Å²) in [6.45, 7) is 3.96. The van der Waals surface area contributed by atoms with Crippen molar-refractivity contribution >= 4 is 17.2 Å². The van der Waals surface area contributed by atoms with Crippen LogP contribution in [0, 0.1) is 13.8 Å². The highest BCUT2D eigenvalue weighted by Gasteiger charge is 2.16. The molecule has 2 heterocycles. The van der Waals surface area contributed by atoms with Crippen molar-refractivity contribution in [1.29, 1.82) is 0 Å². The van der Waals surface area contributed by atoms with E-state index in [4.69, 9.17) is 24.3 Å². The second-order valence-electron chi connectivity index (χ2n) is 7.91. The number of methoxy groups -OCH3 is 3. The van der Waals surface area contributed by atoms with Crippen molar-refractivity contribution in [3.8, 4) is 28.5 Å². The van der Waals surface area contributed by atoms with E-state index in [2.05, 4.69) is 5.32 Å². The number of fused-ring (bicyclic) bond motifs is 1. The number of hydrogen-bond acceptors (Lipinski definition) is 6. The molecule has 34 heavy (non-hydrogen) atoms. The van der Waals surface area contributed by atoms with Gasteiger partial charge >= 0.3 is 0 Å². The Labute approximate surface area is 198 Å². The Morgan fingerprint density at radius 1 is 0.971 bits per heavy atom. The van der Waals surface area contributed by atoms with Gasteiger partial charge in [-0.05, 0) is 38.0 Å². The molecule has 2 aromatic carbocycles. The van der Waals surface area contributed by atoms with Crippen molar-refractivity contribution in [1.82, 2.24) is 14.6 Å². The molecule has 0 spiro atoms. The van der Waals surface area contributed by atoms with Crippen molar-refractivity contribution in [2.75, 3.05) is 26.6 Å². The van der Waals surface area contributed by atoms with Gasteiger partial charge in [-0.3, -0.25) is 4.79 Å². The van der Waals surface area contributed by atoms with E-state index in [0.717, 1.165) is 39.6 Å². The third kappa shape index (κ3) is 4.66. The number of amides is 1. The first-order valence-electron chi connectivity index (χ1n) is 11.0. The molecule has 0 aliphatic rings. The van der Waals surface area contributed by atoms with Gasteiger partial charge in [0, 0.05) is 53.3 Å². The lowest BCUT2D eigenvalue weighted by atomic mass is 10.1. The van der Waals surface area contributed by atoms with Crippen LogP contribution >= 0.6 is 0 Å². The van der Waals surface area contributed by atoms with E-state index in [1.54, 1.807) is 39.5 Å². The fourth-order valence-electron chi connectivity index (χ4n) is 4.02. The molecule has 0 saturated carbocycles. The molecule has 176 valence electrons. The first-order chi connectivity index (χ1) is 16.4. The number of carbonyl (C=O) groups is 1. The Balaban J connectivity index is 1.55. The summed E-state index contributed by atoms with van der Waals surface area (Å²) in [5.41, 5.74) is 5.91. The summed E-state index contributed by atoms with van der Waals surface area (Å²) in [4.78, 5) is 17.4. The van der Waals surface area contributed by atoms with E-state index in [1.165, 1.54) is 0 Å². The van der Waals surface area contributed by atoms with E-state index < -0.39 is 0 Å². The zero-order valence-corrected chi connectivity index (χ0v) is 20.0. The molecular formula is C26H28N4O4. The third-order valence-electron chi connectivity index (χ3n) is 5.78. The topological polar surface area (TPSA) is 87.0 Å². The van der Waals surface area contributed by atoms with Gasteiger partial charge in [0.15, 0.2) is 5.65 Å². The third-order valence-corrected chi connectivity index (χ3v) is 5.78. The second-order valence-corrected chi connectivity index (χ2v) is 7.91. The zero-order chi connectivity index (χ0) is 24.2. The van der Waals surface area contributed by atoms with E-state index in [9.17, 15) is 4.79 Å². The van der Waals surface area contributed by atoms with Gasteiger partial charge in [-0.2, -0.15) is 5.10 Å². The minimum Gasteiger partial charge on any atom is -0.497 e. The standard InChI is InChI=1S/C26H28N4O4/c1-16-21(10-11-26(31)28-18-12-19(32-3)14-20(13-18)33-4)17(2)30-25(27-16)15-23(29-30)22-8-6-7-9-24(22)34-5/h6-9,12-15H,10-11H2,1-5H3,(H,28,31). The van der Waals surface area contributed by atoms with Crippen LogP contribution in [0.5, 0.6) is 17.2 Å². The molecule has 1 amide bonds. The molecule has 0 aliphatic heterocycles. The largest absolute Gasteiger partial charge is 0.497 e. The van der Waals surface area contributed by atoms with Crippen LogP contribution in [0.15, 0.2) is 48.5 Å². The van der Waals surface area contributed by atoms with Crippen molar-refractivity contribution in [3.05, 3.63) is 65.5 Å². The Hall–Kier alpha value is -4.07. The maximum atomic E-state index is 12.7. The Bertz CT molecular complexity index is 1320. The molecule has 0 aliphatic carbocycles. The van der Waals surface area contributed by atoms with Crippen LogP contribution in [0.1, 0.15) is 23.4 Å². The van der Waals surface area contributed by atoms with Crippen molar-refractivity contribution in [2.45, 2.75) is 26.7 Å². The Morgan fingerprint density at radius 2 is 1.68 bits per heavy atom. The number of aryl methyl sites for hydroxylation is 2. The zero-order valence-electron chi connectivity index (χ0n) is 20.0. The van der Waals surface area contributed by atoms with Crippen LogP contribution < -0.4 is 19.5 Å². The number of nitrogens with one attached hydrogen (secondary N) is 1. The van der Waals surface area contributed by atoms with Crippen LogP contribution in [0.2, 0.25) is 0 Å². The second kappa shape index (κ2) is 9.82. The number of rotatable bonds is 8. The number of hydrogen-bond donors (Lipinski definition) is 1. The predicted molar refractivity (Wildman–Crippen MR) is 131 cm³/mol. The highest BCUT2D eigenvalue weighted by molar-refractivity contribution is 5.91. The number of anilines is 1. The maximum Gasteiger partial charge on any atom is 0.224 e.